The molecular weight excluding hydrogens is 278 g/mol. The Balaban J connectivity index is 0.00000162. The third-order valence-corrected chi connectivity index (χ3v) is 3.40. The molecule has 0 aliphatic carbocycles. The summed E-state index contributed by atoms with van der Waals surface area (Å²) in [5, 5.41) is 0.159. The molecular formula is C12H15Cl2FN2O. The summed E-state index contributed by atoms with van der Waals surface area (Å²) in [6.07, 6.45) is 0.869. The van der Waals surface area contributed by atoms with Crippen LogP contribution in [-0.2, 0) is 0 Å². The Kier molecular flexibility index (Phi) is 5.38. The van der Waals surface area contributed by atoms with Gasteiger partial charge in [0.1, 0.15) is 5.82 Å². The Morgan fingerprint density at radius 2 is 2.28 bits per heavy atom. The van der Waals surface area contributed by atoms with E-state index in [2.05, 4.69) is 0 Å². The first-order valence-electron chi connectivity index (χ1n) is 5.57. The smallest absolute Gasteiger partial charge is 0.258 e. The first kappa shape index (κ1) is 15.2. The summed E-state index contributed by atoms with van der Waals surface area (Å²) in [5.74, 6) is -0.604. The summed E-state index contributed by atoms with van der Waals surface area (Å²) in [6, 6.07) is 4.26. The quantitative estimate of drug-likeness (QED) is 0.909. The van der Waals surface area contributed by atoms with Gasteiger partial charge in [0.05, 0.1) is 10.6 Å². The van der Waals surface area contributed by atoms with Crippen LogP contribution in [0.3, 0.4) is 0 Å². The highest BCUT2D eigenvalue weighted by molar-refractivity contribution is 6.33. The van der Waals surface area contributed by atoms with E-state index in [1.807, 2.05) is 0 Å². The minimum Gasteiger partial charge on any atom is -0.338 e. The maximum atomic E-state index is 13.6. The van der Waals surface area contributed by atoms with Gasteiger partial charge >= 0.3 is 0 Å². The number of hydrogen-bond donors (Lipinski definition) is 1. The van der Waals surface area contributed by atoms with Crippen molar-refractivity contribution in [1.29, 1.82) is 0 Å². The van der Waals surface area contributed by atoms with Gasteiger partial charge in [-0.25, -0.2) is 4.39 Å². The molecule has 1 heterocycles. The Hall–Kier alpha value is -0.840. The molecule has 2 N–H and O–H groups in total. The highest BCUT2D eigenvalue weighted by Crippen LogP contribution is 2.24. The molecule has 1 saturated heterocycles. The van der Waals surface area contributed by atoms with Gasteiger partial charge in [0, 0.05) is 13.1 Å². The van der Waals surface area contributed by atoms with Crippen LogP contribution in [0.5, 0.6) is 0 Å². The number of nitrogens with zero attached hydrogens (tertiary/aromatic N) is 1. The number of carbonyl (C=O) groups is 1. The molecule has 1 aliphatic heterocycles. The summed E-state index contributed by atoms with van der Waals surface area (Å²) in [5.41, 5.74) is 5.52. The van der Waals surface area contributed by atoms with E-state index in [1.54, 1.807) is 4.90 Å². The van der Waals surface area contributed by atoms with E-state index in [-0.39, 0.29) is 28.9 Å². The van der Waals surface area contributed by atoms with Gasteiger partial charge < -0.3 is 10.6 Å². The molecule has 0 spiro atoms. The lowest BCUT2D eigenvalue weighted by molar-refractivity contribution is 0.0783. The molecule has 1 aliphatic rings. The molecule has 18 heavy (non-hydrogen) atoms. The van der Waals surface area contributed by atoms with Crippen molar-refractivity contribution in [3.8, 4) is 0 Å². The number of amides is 1. The van der Waals surface area contributed by atoms with Crippen LogP contribution in [0.25, 0.3) is 0 Å². The van der Waals surface area contributed by atoms with Crippen molar-refractivity contribution in [1.82, 2.24) is 4.90 Å². The Morgan fingerprint density at radius 1 is 1.56 bits per heavy atom. The largest absolute Gasteiger partial charge is 0.338 e. The second kappa shape index (κ2) is 6.36. The summed E-state index contributed by atoms with van der Waals surface area (Å²) in [7, 11) is 0. The van der Waals surface area contributed by atoms with Crippen LogP contribution in [0, 0.1) is 11.7 Å². The summed E-state index contributed by atoms with van der Waals surface area (Å²) in [6.45, 7) is 1.75. The van der Waals surface area contributed by atoms with E-state index in [0.29, 0.717) is 25.6 Å². The number of halogens is 3. The Bertz CT molecular complexity index is 422. The topological polar surface area (TPSA) is 46.3 Å². The van der Waals surface area contributed by atoms with Gasteiger partial charge in [-0.3, -0.25) is 4.79 Å². The standard InChI is InChI=1S/C12H14ClFN2O.ClH/c13-9-2-1-3-10(14)11(9)12(17)16-5-4-8(6-15)7-16;/h1-3,8H,4-7,15H2;1H. The van der Waals surface area contributed by atoms with Crippen LogP contribution in [0.4, 0.5) is 4.39 Å². The number of rotatable bonds is 2. The van der Waals surface area contributed by atoms with Gasteiger partial charge in [0.2, 0.25) is 0 Å². The number of hydrogen-bond acceptors (Lipinski definition) is 2. The summed E-state index contributed by atoms with van der Waals surface area (Å²) in [4.78, 5) is 13.7. The third-order valence-electron chi connectivity index (χ3n) is 3.08. The molecule has 1 amide bonds. The molecule has 2 rings (SSSR count). The average Bonchev–Trinajstić information content (AvgIpc) is 2.77. The molecule has 0 aromatic heterocycles. The van der Waals surface area contributed by atoms with Gasteiger partial charge in [-0.2, -0.15) is 0 Å². The average molecular weight is 293 g/mol. The van der Waals surface area contributed by atoms with Crippen molar-refractivity contribution < 1.29 is 9.18 Å². The normalized spacial score (nSPS) is 18.6. The molecule has 0 saturated carbocycles. The maximum Gasteiger partial charge on any atom is 0.258 e. The van der Waals surface area contributed by atoms with E-state index in [1.165, 1.54) is 18.2 Å². The number of benzene rings is 1. The van der Waals surface area contributed by atoms with Gasteiger partial charge in [-0.05, 0) is 31.0 Å². The lowest BCUT2D eigenvalue weighted by Crippen LogP contribution is -2.30. The second-order valence-electron chi connectivity index (χ2n) is 4.24. The van der Waals surface area contributed by atoms with E-state index in [4.69, 9.17) is 17.3 Å². The van der Waals surface area contributed by atoms with Crippen molar-refractivity contribution in [2.75, 3.05) is 19.6 Å². The van der Waals surface area contributed by atoms with Crippen LogP contribution in [0.1, 0.15) is 16.8 Å². The Morgan fingerprint density at radius 3 is 2.83 bits per heavy atom. The van der Waals surface area contributed by atoms with Crippen molar-refractivity contribution in [2.45, 2.75) is 6.42 Å². The first-order valence-corrected chi connectivity index (χ1v) is 5.94. The predicted molar refractivity (Wildman–Crippen MR) is 71.7 cm³/mol. The van der Waals surface area contributed by atoms with Crippen molar-refractivity contribution in [3.05, 3.63) is 34.6 Å². The fourth-order valence-electron chi connectivity index (χ4n) is 2.07. The number of nitrogens with two attached hydrogens (primary N) is 1. The zero-order valence-corrected chi connectivity index (χ0v) is 11.3. The first-order chi connectivity index (χ1) is 8.13. The van der Waals surface area contributed by atoms with Crippen LogP contribution in [0.15, 0.2) is 18.2 Å². The zero-order chi connectivity index (χ0) is 12.4. The molecule has 1 aromatic rings. The van der Waals surface area contributed by atoms with Crippen LogP contribution in [0.2, 0.25) is 5.02 Å². The molecule has 0 radical (unpaired) electrons. The summed E-state index contributed by atoms with van der Waals surface area (Å²) < 4.78 is 13.6. The summed E-state index contributed by atoms with van der Waals surface area (Å²) >= 11 is 5.86. The monoisotopic (exact) mass is 292 g/mol. The fourth-order valence-corrected chi connectivity index (χ4v) is 2.31. The minimum absolute atomic E-state index is 0. The van der Waals surface area contributed by atoms with Gasteiger partial charge in [-0.1, -0.05) is 17.7 Å². The lowest BCUT2D eigenvalue weighted by atomic mass is 10.1. The van der Waals surface area contributed by atoms with E-state index < -0.39 is 5.82 Å². The zero-order valence-electron chi connectivity index (χ0n) is 9.73. The highest BCUT2D eigenvalue weighted by atomic mass is 35.5. The Labute approximate surface area is 116 Å². The fraction of sp³-hybridized carbons (Fsp3) is 0.417. The van der Waals surface area contributed by atoms with Gasteiger partial charge in [0.25, 0.3) is 5.91 Å². The number of carbonyl (C=O) groups excluding carboxylic acids is 1. The van der Waals surface area contributed by atoms with E-state index in [9.17, 15) is 9.18 Å². The predicted octanol–water partition coefficient (Wildman–Crippen LogP) is 2.32. The number of likely N-dealkylation sites (tertiary alicyclic amines) is 1. The lowest BCUT2D eigenvalue weighted by Gasteiger charge is -2.17. The molecule has 0 bridgehead atoms. The van der Waals surface area contributed by atoms with Crippen molar-refractivity contribution >= 4 is 29.9 Å². The molecule has 6 heteroatoms. The molecule has 1 fully saturated rings. The minimum atomic E-state index is -0.571. The van der Waals surface area contributed by atoms with Crippen LogP contribution in [-0.4, -0.2) is 30.4 Å². The SMILES string of the molecule is Cl.NCC1CCN(C(=O)c2c(F)cccc2Cl)C1. The molecule has 100 valence electrons. The second-order valence-corrected chi connectivity index (χ2v) is 4.65. The van der Waals surface area contributed by atoms with Crippen LogP contribution >= 0.6 is 24.0 Å². The van der Waals surface area contributed by atoms with Crippen molar-refractivity contribution in [2.24, 2.45) is 11.7 Å². The molecule has 3 nitrogen and oxygen atoms in total. The molecule has 1 unspecified atom stereocenters. The molecule has 1 aromatic carbocycles. The molecule has 1 atom stereocenters. The van der Waals surface area contributed by atoms with E-state index in [0.717, 1.165) is 6.42 Å². The maximum absolute atomic E-state index is 13.6. The van der Waals surface area contributed by atoms with Gasteiger partial charge in [0.15, 0.2) is 0 Å². The highest BCUT2D eigenvalue weighted by Gasteiger charge is 2.28. The van der Waals surface area contributed by atoms with Gasteiger partial charge in [-0.15, -0.1) is 12.4 Å². The third kappa shape index (κ3) is 2.94. The van der Waals surface area contributed by atoms with Crippen LogP contribution < -0.4 is 5.73 Å². The van der Waals surface area contributed by atoms with Crippen molar-refractivity contribution in [3.63, 3.8) is 0 Å². The van der Waals surface area contributed by atoms with E-state index >= 15 is 0 Å².